The second kappa shape index (κ2) is 3.79. The van der Waals surface area contributed by atoms with Crippen LogP contribution in [0.5, 0.6) is 0 Å². The van der Waals surface area contributed by atoms with Crippen LogP contribution in [-0.4, -0.2) is 5.91 Å². The first-order valence-electron chi connectivity index (χ1n) is 3.22. The Bertz CT molecular complexity index is 343. The molecule has 1 N–H and O–H groups in total. The van der Waals surface area contributed by atoms with Gasteiger partial charge in [0.1, 0.15) is 0 Å². The van der Waals surface area contributed by atoms with Crippen molar-refractivity contribution in [2.75, 3.05) is 0 Å². The molecule has 0 aliphatic heterocycles. The fraction of sp³-hybridized carbons (Fsp3) is 0. The summed E-state index contributed by atoms with van der Waals surface area (Å²) in [7, 11) is 0. The molecule has 12 heavy (non-hydrogen) atoms. The fourth-order valence-electron chi connectivity index (χ4n) is 0.795. The molecule has 0 saturated carbocycles. The van der Waals surface area contributed by atoms with E-state index in [4.69, 9.17) is 5.26 Å². The van der Waals surface area contributed by atoms with Crippen LogP contribution in [0.2, 0.25) is 0 Å². The van der Waals surface area contributed by atoms with E-state index in [9.17, 15) is 4.79 Å². The molecule has 0 spiro atoms. The molecular weight excluding hydrogens is 172 g/mol. The maximum atomic E-state index is 11.0. The van der Waals surface area contributed by atoms with E-state index in [1.54, 1.807) is 18.2 Å². The zero-order chi connectivity index (χ0) is 8.97. The monoisotopic (exact) mass is 178 g/mol. The minimum absolute atomic E-state index is 0.310. The van der Waals surface area contributed by atoms with Crippen LogP contribution in [0.3, 0.4) is 0 Å². The molecule has 4 heteroatoms. The third-order valence-electron chi connectivity index (χ3n) is 1.36. The molecule has 0 bridgehead atoms. The predicted octanol–water partition coefficient (Wildman–Crippen LogP) is 1.13. The second-order valence-corrected chi connectivity index (χ2v) is 2.36. The van der Waals surface area contributed by atoms with E-state index in [1.807, 2.05) is 6.07 Å². The van der Waals surface area contributed by atoms with Crippen molar-refractivity contribution in [1.82, 2.24) is 4.72 Å². The molecule has 0 atom stereocenters. The lowest BCUT2D eigenvalue weighted by atomic mass is 10.1. The summed E-state index contributed by atoms with van der Waals surface area (Å²) in [5.41, 5.74) is 0.897. The number of nitrogens with one attached hydrogen (secondary N) is 1. The first kappa shape index (κ1) is 8.62. The molecule has 1 aromatic carbocycles. The molecular formula is C8H6N2OS. The van der Waals surface area contributed by atoms with Crippen LogP contribution in [0, 0.1) is 11.3 Å². The third kappa shape index (κ3) is 1.77. The van der Waals surface area contributed by atoms with Crippen molar-refractivity contribution in [2.24, 2.45) is 0 Å². The zero-order valence-corrected chi connectivity index (χ0v) is 7.01. The topological polar surface area (TPSA) is 52.9 Å². The Morgan fingerprint density at radius 1 is 1.58 bits per heavy atom. The Hall–Kier alpha value is -1.47. The maximum absolute atomic E-state index is 11.0. The van der Waals surface area contributed by atoms with Gasteiger partial charge in [-0.2, -0.15) is 5.26 Å². The van der Waals surface area contributed by atoms with Crippen LogP contribution < -0.4 is 4.72 Å². The second-order valence-electron chi connectivity index (χ2n) is 2.13. The average Bonchev–Trinajstić information content (AvgIpc) is 2.17. The van der Waals surface area contributed by atoms with Crippen LogP contribution in [-0.2, 0) is 0 Å². The summed E-state index contributed by atoms with van der Waals surface area (Å²) in [6.45, 7) is 0. The highest BCUT2D eigenvalue weighted by molar-refractivity contribution is 7.78. The Kier molecular flexibility index (Phi) is 2.72. The van der Waals surface area contributed by atoms with Gasteiger partial charge in [-0.25, -0.2) is 0 Å². The number of benzene rings is 1. The first-order chi connectivity index (χ1) is 5.77. The van der Waals surface area contributed by atoms with E-state index < -0.39 is 0 Å². The number of rotatable bonds is 1. The summed E-state index contributed by atoms with van der Waals surface area (Å²) < 4.78 is 2.18. The molecule has 0 radical (unpaired) electrons. The number of nitriles is 1. The quantitative estimate of drug-likeness (QED) is 0.633. The molecule has 0 aliphatic rings. The summed E-state index contributed by atoms with van der Waals surface area (Å²) in [5, 5.41) is 8.52. The van der Waals surface area contributed by atoms with Gasteiger partial charge in [0, 0.05) is 5.56 Å². The number of hydrogen-bond donors (Lipinski definition) is 2. The summed E-state index contributed by atoms with van der Waals surface area (Å²) in [5.74, 6) is -0.310. The lowest BCUT2D eigenvalue weighted by Crippen LogP contribution is -2.12. The maximum Gasteiger partial charge on any atom is 0.260 e. The summed E-state index contributed by atoms with van der Waals surface area (Å²) in [6, 6.07) is 8.35. The number of amides is 1. The minimum Gasteiger partial charge on any atom is -0.299 e. The van der Waals surface area contributed by atoms with E-state index in [0.29, 0.717) is 11.1 Å². The van der Waals surface area contributed by atoms with Crippen molar-refractivity contribution in [1.29, 1.82) is 5.26 Å². The van der Waals surface area contributed by atoms with Crippen molar-refractivity contribution in [2.45, 2.75) is 0 Å². The molecule has 1 rings (SSSR count). The standard InChI is InChI=1S/C8H6N2OS/c9-5-6-2-1-3-7(4-6)8(11)10-12/h1-4,12H,(H,10,11). The van der Waals surface area contributed by atoms with Gasteiger partial charge in [-0.05, 0) is 18.2 Å². The summed E-state index contributed by atoms with van der Waals surface area (Å²) >= 11 is 3.61. The highest BCUT2D eigenvalue weighted by atomic mass is 32.1. The van der Waals surface area contributed by atoms with Crippen molar-refractivity contribution >= 4 is 18.7 Å². The molecule has 0 unspecified atom stereocenters. The van der Waals surface area contributed by atoms with Gasteiger partial charge in [-0.1, -0.05) is 18.9 Å². The van der Waals surface area contributed by atoms with Crippen LogP contribution in [0.25, 0.3) is 0 Å². The number of carbonyl (C=O) groups is 1. The SMILES string of the molecule is N#Cc1cccc(C(=O)NS)c1. The van der Waals surface area contributed by atoms with Crippen LogP contribution >= 0.6 is 12.8 Å². The molecule has 1 amide bonds. The fourth-order valence-corrected chi connectivity index (χ4v) is 0.924. The number of hydrogen-bond acceptors (Lipinski definition) is 3. The van der Waals surface area contributed by atoms with E-state index in [1.165, 1.54) is 6.07 Å². The molecule has 0 heterocycles. The molecule has 0 aliphatic carbocycles. The Labute approximate surface area is 75.6 Å². The summed E-state index contributed by atoms with van der Waals surface area (Å²) in [6.07, 6.45) is 0. The molecule has 0 saturated heterocycles. The van der Waals surface area contributed by atoms with Crippen molar-refractivity contribution < 1.29 is 4.79 Å². The normalized spacial score (nSPS) is 8.67. The van der Waals surface area contributed by atoms with Crippen LogP contribution in [0.4, 0.5) is 0 Å². The van der Waals surface area contributed by atoms with E-state index in [0.717, 1.165) is 0 Å². The Balaban J connectivity index is 3.04. The number of carbonyl (C=O) groups excluding carboxylic acids is 1. The predicted molar refractivity (Wildman–Crippen MR) is 47.6 cm³/mol. The molecule has 0 aromatic heterocycles. The zero-order valence-electron chi connectivity index (χ0n) is 6.11. The number of thiol groups is 1. The van der Waals surface area contributed by atoms with E-state index in [2.05, 4.69) is 17.5 Å². The lowest BCUT2D eigenvalue weighted by molar-refractivity contribution is 0.0985. The largest absolute Gasteiger partial charge is 0.299 e. The van der Waals surface area contributed by atoms with Gasteiger partial charge in [-0.3, -0.25) is 9.52 Å². The highest BCUT2D eigenvalue weighted by Gasteiger charge is 2.02. The highest BCUT2D eigenvalue weighted by Crippen LogP contribution is 2.03. The van der Waals surface area contributed by atoms with Crippen LogP contribution in [0.1, 0.15) is 15.9 Å². The summed E-state index contributed by atoms with van der Waals surface area (Å²) in [4.78, 5) is 11.0. The lowest BCUT2D eigenvalue weighted by Gasteiger charge is -1.97. The Morgan fingerprint density at radius 2 is 2.33 bits per heavy atom. The van der Waals surface area contributed by atoms with Crippen molar-refractivity contribution in [3.63, 3.8) is 0 Å². The molecule has 1 aromatic rings. The third-order valence-corrected chi connectivity index (χ3v) is 1.56. The van der Waals surface area contributed by atoms with Gasteiger partial charge in [0.2, 0.25) is 0 Å². The first-order valence-corrected chi connectivity index (χ1v) is 3.67. The van der Waals surface area contributed by atoms with E-state index in [-0.39, 0.29) is 5.91 Å². The average molecular weight is 178 g/mol. The van der Waals surface area contributed by atoms with Gasteiger partial charge in [0.15, 0.2) is 0 Å². The Morgan fingerprint density at radius 3 is 2.92 bits per heavy atom. The van der Waals surface area contributed by atoms with Gasteiger partial charge >= 0.3 is 0 Å². The smallest absolute Gasteiger partial charge is 0.260 e. The van der Waals surface area contributed by atoms with Gasteiger partial charge < -0.3 is 0 Å². The van der Waals surface area contributed by atoms with Crippen molar-refractivity contribution in [3.05, 3.63) is 35.4 Å². The van der Waals surface area contributed by atoms with E-state index >= 15 is 0 Å². The van der Waals surface area contributed by atoms with Crippen LogP contribution in [0.15, 0.2) is 24.3 Å². The molecule has 3 nitrogen and oxygen atoms in total. The minimum atomic E-state index is -0.310. The number of nitrogens with zero attached hydrogens (tertiary/aromatic N) is 1. The van der Waals surface area contributed by atoms with Gasteiger partial charge in [0.05, 0.1) is 11.6 Å². The molecule has 60 valence electrons. The van der Waals surface area contributed by atoms with Gasteiger partial charge in [0.25, 0.3) is 5.91 Å². The van der Waals surface area contributed by atoms with Gasteiger partial charge in [-0.15, -0.1) is 0 Å². The molecule has 0 fully saturated rings. The van der Waals surface area contributed by atoms with Crippen molar-refractivity contribution in [3.8, 4) is 6.07 Å².